The van der Waals surface area contributed by atoms with Crippen LogP contribution in [0, 0.1) is 5.41 Å². The van der Waals surface area contributed by atoms with Crippen LogP contribution in [-0.2, 0) is 27.2 Å². The first-order chi connectivity index (χ1) is 23.4. The van der Waals surface area contributed by atoms with Crippen molar-refractivity contribution >= 4 is 38.6 Å². The van der Waals surface area contributed by atoms with Crippen LogP contribution in [0.4, 0.5) is 10.6 Å². The number of nitrogens with zero attached hydrogens (tertiary/aromatic N) is 5. The number of ether oxygens (including phenoxy) is 5. The zero-order valence-corrected chi connectivity index (χ0v) is 31.0. The zero-order valence-electron chi connectivity index (χ0n) is 29.5. The van der Waals surface area contributed by atoms with Gasteiger partial charge in [-0.2, -0.15) is 9.97 Å². The van der Waals surface area contributed by atoms with Gasteiger partial charge in [0.15, 0.2) is 6.79 Å². The van der Waals surface area contributed by atoms with Crippen LogP contribution >= 0.6 is 15.9 Å². The van der Waals surface area contributed by atoms with Crippen molar-refractivity contribution in [1.82, 2.24) is 19.8 Å². The molecule has 3 aliphatic heterocycles. The van der Waals surface area contributed by atoms with Crippen molar-refractivity contribution in [2.75, 3.05) is 59.1 Å². The van der Waals surface area contributed by atoms with Crippen LogP contribution in [0.15, 0.2) is 34.8 Å². The Morgan fingerprint density at radius 1 is 1.10 bits per heavy atom. The van der Waals surface area contributed by atoms with Crippen LogP contribution in [0.3, 0.4) is 0 Å². The lowest BCUT2D eigenvalue weighted by molar-refractivity contribution is 0.0118. The normalized spacial score (nSPS) is 22.7. The van der Waals surface area contributed by atoms with E-state index in [0.29, 0.717) is 38.7 Å². The molecular weight excluding hydrogens is 690 g/mol. The number of aromatic nitrogens is 2. The summed E-state index contributed by atoms with van der Waals surface area (Å²) in [4.78, 5) is 29.9. The molecule has 3 atom stereocenters. The van der Waals surface area contributed by atoms with Crippen LogP contribution in [0.1, 0.15) is 69.4 Å². The Labute approximate surface area is 297 Å². The van der Waals surface area contributed by atoms with Crippen LogP contribution < -0.4 is 14.4 Å². The largest absolute Gasteiger partial charge is 0.468 e. The van der Waals surface area contributed by atoms with Gasteiger partial charge >= 0.3 is 12.1 Å². The molecule has 2 aromatic carbocycles. The Kier molecular flexibility index (Phi) is 9.44. The van der Waals surface area contributed by atoms with Gasteiger partial charge in [0.1, 0.15) is 17.2 Å². The lowest BCUT2D eigenvalue weighted by atomic mass is 9.94. The van der Waals surface area contributed by atoms with Gasteiger partial charge < -0.3 is 33.5 Å². The summed E-state index contributed by atoms with van der Waals surface area (Å²) in [5, 5.41) is 2.13. The van der Waals surface area contributed by atoms with Gasteiger partial charge in [-0.1, -0.05) is 28.1 Å². The highest BCUT2D eigenvalue weighted by Crippen LogP contribution is 2.47. The summed E-state index contributed by atoms with van der Waals surface area (Å²) in [5.41, 5.74) is 2.54. The van der Waals surface area contributed by atoms with E-state index in [1.807, 2.05) is 43.9 Å². The van der Waals surface area contributed by atoms with Crippen molar-refractivity contribution in [1.29, 1.82) is 0 Å². The van der Waals surface area contributed by atoms with Crippen molar-refractivity contribution in [3.05, 3.63) is 51.6 Å². The zero-order chi connectivity index (χ0) is 34.5. The SMILES string of the molecule is COCOc1cc(C2Cc3nc(OCC4(CN(C)C)CC4)nc(N4CC5CCC(C4)N5C(=O)OC(C)(C)C)c3CO2)c2c(Br)cccc2c1. The fraction of sp³-hybridized carbons (Fsp3) is 0.595. The molecule has 2 bridgehead atoms. The van der Waals surface area contributed by atoms with E-state index in [0.717, 1.165) is 75.9 Å². The molecule has 1 saturated carbocycles. The van der Waals surface area contributed by atoms with Gasteiger partial charge in [0.05, 0.1) is 37.1 Å². The first-order valence-electron chi connectivity index (χ1n) is 17.3. The number of anilines is 1. The third-order valence-electron chi connectivity index (χ3n) is 9.98. The highest BCUT2D eigenvalue weighted by atomic mass is 79.9. The average molecular weight is 739 g/mol. The standard InChI is InChI=1S/C37H48BrN5O6/c1-36(2,3)49-35(44)43-24-10-11-25(43)18-42(17-24)33-28-19-46-31(16-30(28)39-34(40-33)47-21-37(12-13-37)20-41(4)5)27-15-26(48-22-45-6)14-23-8-7-9-29(38)32(23)27/h7-9,14-15,24-25,31H,10-13,16-22H2,1-6H3. The summed E-state index contributed by atoms with van der Waals surface area (Å²) >= 11 is 3.79. The Bertz CT molecular complexity index is 1690. The number of amides is 1. The fourth-order valence-corrected chi connectivity index (χ4v) is 8.32. The van der Waals surface area contributed by atoms with Crippen LogP contribution in [0.2, 0.25) is 0 Å². The molecule has 3 fully saturated rings. The highest BCUT2D eigenvalue weighted by Gasteiger charge is 2.46. The van der Waals surface area contributed by atoms with E-state index >= 15 is 0 Å². The molecule has 4 heterocycles. The summed E-state index contributed by atoms with van der Waals surface area (Å²) in [5.74, 6) is 1.57. The second-order valence-corrected chi connectivity index (χ2v) is 16.2. The molecule has 1 aliphatic carbocycles. The molecule has 3 aromatic rings. The summed E-state index contributed by atoms with van der Waals surface area (Å²) in [7, 11) is 5.83. The Hall–Kier alpha value is -3.19. The minimum Gasteiger partial charge on any atom is -0.468 e. The van der Waals surface area contributed by atoms with Crippen molar-refractivity contribution in [2.45, 2.75) is 83.3 Å². The van der Waals surface area contributed by atoms with Gasteiger partial charge in [0.2, 0.25) is 0 Å². The molecule has 49 heavy (non-hydrogen) atoms. The summed E-state index contributed by atoms with van der Waals surface area (Å²) in [6.07, 6.45) is 4.21. The van der Waals surface area contributed by atoms with E-state index in [4.69, 9.17) is 33.7 Å². The quantitative estimate of drug-likeness (QED) is 0.215. The first-order valence-corrected chi connectivity index (χ1v) is 18.1. The van der Waals surface area contributed by atoms with E-state index in [-0.39, 0.29) is 36.5 Å². The molecule has 0 radical (unpaired) electrons. The molecular formula is C37H48BrN5O6. The van der Waals surface area contributed by atoms with E-state index in [9.17, 15) is 4.79 Å². The number of hydrogen-bond donors (Lipinski definition) is 0. The predicted octanol–water partition coefficient (Wildman–Crippen LogP) is 6.50. The average Bonchev–Trinajstić information content (AvgIpc) is 3.75. The maximum atomic E-state index is 13.2. The lowest BCUT2D eigenvalue weighted by Gasteiger charge is -2.42. The molecule has 2 saturated heterocycles. The second-order valence-electron chi connectivity index (χ2n) is 15.4. The molecule has 4 aliphatic rings. The number of carbonyl (C=O) groups excluding carboxylic acids is 1. The van der Waals surface area contributed by atoms with Crippen molar-refractivity contribution < 1.29 is 28.5 Å². The van der Waals surface area contributed by atoms with Crippen LogP contribution in [0.5, 0.6) is 11.8 Å². The number of rotatable bonds is 10. The van der Waals surface area contributed by atoms with Gasteiger partial charge in [0, 0.05) is 54.0 Å². The molecule has 0 N–H and O–H groups in total. The third kappa shape index (κ3) is 7.34. The molecule has 0 spiro atoms. The van der Waals surface area contributed by atoms with E-state index in [1.165, 1.54) is 0 Å². The van der Waals surface area contributed by atoms with Gasteiger partial charge in [0.25, 0.3) is 0 Å². The monoisotopic (exact) mass is 737 g/mol. The van der Waals surface area contributed by atoms with Gasteiger partial charge in [-0.05, 0) is 89.7 Å². The Morgan fingerprint density at radius 3 is 2.53 bits per heavy atom. The Morgan fingerprint density at radius 2 is 1.86 bits per heavy atom. The lowest BCUT2D eigenvalue weighted by Crippen LogP contribution is -2.57. The van der Waals surface area contributed by atoms with Gasteiger partial charge in [-0.25, -0.2) is 4.79 Å². The Balaban J connectivity index is 1.21. The molecule has 12 heteroatoms. The fourth-order valence-electron chi connectivity index (χ4n) is 7.71. The highest BCUT2D eigenvalue weighted by molar-refractivity contribution is 9.10. The van der Waals surface area contributed by atoms with Gasteiger partial charge in [-0.15, -0.1) is 0 Å². The minimum absolute atomic E-state index is 0.0502. The third-order valence-corrected chi connectivity index (χ3v) is 10.6. The number of methoxy groups -OCH3 is 1. The second kappa shape index (κ2) is 13.5. The topological polar surface area (TPSA) is 98.7 Å². The number of piperazine rings is 1. The summed E-state index contributed by atoms with van der Waals surface area (Å²) in [6, 6.07) is 10.7. The molecule has 7 rings (SSSR count). The van der Waals surface area contributed by atoms with Crippen LogP contribution in [-0.4, -0.2) is 97.8 Å². The summed E-state index contributed by atoms with van der Waals surface area (Å²) < 4.78 is 31.1. The number of carbonyl (C=O) groups is 1. The number of benzene rings is 2. The predicted molar refractivity (Wildman–Crippen MR) is 190 cm³/mol. The van der Waals surface area contributed by atoms with Crippen molar-refractivity contribution in [3.63, 3.8) is 0 Å². The summed E-state index contributed by atoms with van der Waals surface area (Å²) in [6.45, 7) is 9.16. The molecule has 1 aromatic heterocycles. The number of fused-ring (bicyclic) bond motifs is 4. The molecule has 264 valence electrons. The van der Waals surface area contributed by atoms with Crippen molar-refractivity contribution in [3.8, 4) is 11.8 Å². The maximum Gasteiger partial charge on any atom is 0.410 e. The molecule has 11 nitrogen and oxygen atoms in total. The first kappa shape index (κ1) is 34.3. The maximum absolute atomic E-state index is 13.2. The van der Waals surface area contributed by atoms with Crippen molar-refractivity contribution in [2.24, 2.45) is 5.41 Å². The minimum atomic E-state index is -0.540. The number of halogens is 1. The number of hydrogen-bond acceptors (Lipinski definition) is 10. The molecule has 1 amide bonds. The van der Waals surface area contributed by atoms with Gasteiger partial charge in [-0.3, -0.25) is 4.90 Å². The van der Waals surface area contributed by atoms with E-state index in [2.05, 4.69) is 52.0 Å². The smallest absolute Gasteiger partial charge is 0.410 e. The van der Waals surface area contributed by atoms with Crippen LogP contribution in [0.25, 0.3) is 10.8 Å². The van der Waals surface area contributed by atoms with E-state index in [1.54, 1.807) is 7.11 Å². The molecule has 3 unspecified atom stereocenters. The van der Waals surface area contributed by atoms with E-state index < -0.39 is 5.60 Å².